The molecule has 2 atom stereocenters. The van der Waals surface area contributed by atoms with Crippen molar-refractivity contribution in [1.29, 1.82) is 0 Å². The number of amides is 1. The molecule has 0 aromatic carbocycles. The molecule has 0 N–H and O–H groups in total. The topological polar surface area (TPSA) is 58.8 Å². The first kappa shape index (κ1) is 16.5. The second kappa shape index (κ2) is 7.45. The smallest absolute Gasteiger partial charge is 0.220 e. The van der Waals surface area contributed by atoms with E-state index >= 15 is 0 Å². The van der Waals surface area contributed by atoms with Gasteiger partial charge >= 0.3 is 0 Å². The molecule has 0 aliphatic carbocycles. The van der Waals surface area contributed by atoms with Crippen molar-refractivity contribution in [3.05, 3.63) is 17.8 Å². The van der Waals surface area contributed by atoms with Crippen LogP contribution in [0.4, 0.5) is 0 Å². The third-order valence-corrected chi connectivity index (χ3v) is 4.80. The van der Waals surface area contributed by atoms with Crippen LogP contribution >= 0.6 is 0 Å². The molecule has 0 bridgehead atoms. The van der Waals surface area contributed by atoms with Gasteiger partial charge in [0.1, 0.15) is 5.76 Å². The molecule has 3 heterocycles. The van der Waals surface area contributed by atoms with Gasteiger partial charge in [-0.05, 0) is 32.6 Å². The Morgan fingerprint density at radius 1 is 1.43 bits per heavy atom. The van der Waals surface area contributed by atoms with Gasteiger partial charge in [-0.15, -0.1) is 0 Å². The lowest BCUT2D eigenvalue weighted by molar-refractivity contribution is -0.132. The van der Waals surface area contributed by atoms with Gasteiger partial charge in [-0.2, -0.15) is 0 Å². The fraction of sp³-hybridized carbons (Fsp3) is 0.765. The Morgan fingerprint density at radius 3 is 2.96 bits per heavy atom. The van der Waals surface area contributed by atoms with Crippen LogP contribution in [0, 0.1) is 6.92 Å². The monoisotopic (exact) mass is 321 g/mol. The van der Waals surface area contributed by atoms with Crippen molar-refractivity contribution in [1.82, 2.24) is 14.8 Å². The van der Waals surface area contributed by atoms with Crippen molar-refractivity contribution < 1.29 is 13.9 Å². The van der Waals surface area contributed by atoms with E-state index in [1.807, 2.05) is 11.8 Å². The summed E-state index contributed by atoms with van der Waals surface area (Å²) in [5.74, 6) is 1.49. The van der Waals surface area contributed by atoms with Crippen LogP contribution in [-0.4, -0.2) is 59.1 Å². The Labute approximate surface area is 137 Å². The van der Waals surface area contributed by atoms with E-state index in [0.717, 1.165) is 44.8 Å². The number of oxazole rings is 1. The molecule has 2 saturated heterocycles. The van der Waals surface area contributed by atoms with E-state index in [1.54, 1.807) is 13.1 Å². The predicted molar refractivity (Wildman–Crippen MR) is 85.9 cm³/mol. The summed E-state index contributed by atoms with van der Waals surface area (Å²) in [7, 11) is 0. The molecule has 1 aromatic rings. The minimum Gasteiger partial charge on any atom is -0.444 e. The van der Waals surface area contributed by atoms with Crippen LogP contribution in [0.15, 0.2) is 10.6 Å². The Morgan fingerprint density at radius 2 is 2.30 bits per heavy atom. The van der Waals surface area contributed by atoms with Gasteiger partial charge in [0.15, 0.2) is 0 Å². The van der Waals surface area contributed by atoms with E-state index in [1.165, 1.54) is 12.8 Å². The number of ether oxygens (including phenoxy) is 1. The molecule has 23 heavy (non-hydrogen) atoms. The number of rotatable bonds is 5. The van der Waals surface area contributed by atoms with Crippen LogP contribution in [0.1, 0.15) is 44.3 Å². The summed E-state index contributed by atoms with van der Waals surface area (Å²) >= 11 is 0. The van der Waals surface area contributed by atoms with Crippen molar-refractivity contribution >= 4 is 5.91 Å². The number of aryl methyl sites for hydroxylation is 1. The van der Waals surface area contributed by atoms with Gasteiger partial charge in [0.2, 0.25) is 11.8 Å². The average molecular weight is 321 g/mol. The fourth-order valence-corrected chi connectivity index (χ4v) is 3.59. The molecule has 6 nitrogen and oxygen atoms in total. The Bertz CT molecular complexity index is 525. The van der Waals surface area contributed by atoms with Gasteiger partial charge in [-0.3, -0.25) is 9.69 Å². The Hall–Kier alpha value is -1.40. The van der Waals surface area contributed by atoms with E-state index in [2.05, 4.69) is 9.88 Å². The number of carbonyl (C=O) groups excluding carboxylic acids is 1. The summed E-state index contributed by atoms with van der Waals surface area (Å²) in [6.45, 7) is 7.78. The summed E-state index contributed by atoms with van der Waals surface area (Å²) < 4.78 is 11.4. The van der Waals surface area contributed by atoms with E-state index < -0.39 is 0 Å². The lowest BCUT2D eigenvalue weighted by atomic mass is 10.1. The van der Waals surface area contributed by atoms with Crippen LogP contribution in [0.3, 0.4) is 0 Å². The minimum absolute atomic E-state index is 0.0848. The molecule has 2 fully saturated rings. The SMILES string of the molecule is CC(=O)N(Cc1ncc(C)o1)C1CCN(CC2CCCCO2)C1. The highest BCUT2D eigenvalue weighted by atomic mass is 16.5. The molecular weight excluding hydrogens is 294 g/mol. The van der Waals surface area contributed by atoms with Gasteiger partial charge in [0.05, 0.1) is 18.8 Å². The maximum absolute atomic E-state index is 12.1. The molecule has 2 aliphatic heterocycles. The van der Waals surface area contributed by atoms with Crippen molar-refractivity contribution in [3.8, 4) is 0 Å². The third-order valence-electron chi connectivity index (χ3n) is 4.80. The fourth-order valence-electron chi connectivity index (χ4n) is 3.59. The van der Waals surface area contributed by atoms with E-state index in [4.69, 9.17) is 9.15 Å². The van der Waals surface area contributed by atoms with Crippen molar-refractivity contribution in [2.24, 2.45) is 0 Å². The number of nitrogens with zero attached hydrogens (tertiary/aromatic N) is 3. The number of hydrogen-bond donors (Lipinski definition) is 0. The molecule has 2 aliphatic rings. The highest BCUT2D eigenvalue weighted by molar-refractivity contribution is 5.73. The average Bonchev–Trinajstić information content (AvgIpc) is 3.15. The third kappa shape index (κ3) is 4.32. The molecule has 6 heteroatoms. The van der Waals surface area contributed by atoms with E-state index in [-0.39, 0.29) is 11.9 Å². The van der Waals surface area contributed by atoms with Crippen LogP contribution in [-0.2, 0) is 16.1 Å². The molecule has 1 amide bonds. The highest BCUT2D eigenvalue weighted by Crippen LogP contribution is 2.21. The molecule has 1 aromatic heterocycles. The zero-order chi connectivity index (χ0) is 16.2. The number of aromatic nitrogens is 1. The number of likely N-dealkylation sites (tertiary alicyclic amines) is 1. The maximum atomic E-state index is 12.1. The quantitative estimate of drug-likeness (QED) is 0.830. The van der Waals surface area contributed by atoms with Gasteiger partial charge in [-0.25, -0.2) is 4.98 Å². The summed E-state index contributed by atoms with van der Waals surface area (Å²) in [6.07, 6.45) is 6.69. The van der Waals surface area contributed by atoms with Gasteiger partial charge in [0.25, 0.3) is 0 Å². The normalized spacial score (nSPS) is 25.7. The van der Waals surface area contributed by atoms with Gasteiger partial charge < -0.3 is 14.1 Å². The van der Waals surface area contributed by atoms with Crippen molar-refractivity contribution in [3.63, 3.8) is 0 Å². The van der Waals surface area contributed by atoms with Crippen LogP contribution in [0.2, 0.25) is 0 Å². The van der Waals surface area contributed by atoms with Crippen LogP contribution in [0.5, 0.6) is 0 Å². The summed E-state index contributed by atoms with van der Waals surface area (Å²) in [5, 5.41) is 0. The first-order chi connectivity index (χ1) is 11.1. The molecule has 128 valence electrons. The first-order valence-corrected chi connectivity index (χ1v) is 8.64. The summed E-state index contributed by atoms with van der Waals surface area (Å²) in [5.41, 5.74) is 0. The summed E-state index contributed by atoms with van der Waals surface area (Å²) in [4.78, 5) is 20.6. The number of carbonyl (C=O) groups is 1. The van der Waals surface area contributed by atoms with Crippen molar-refractivity contribution in [2.45, 2.75) is 58.2 Å². The van der Waals surface area contributed by atoms with Crippen LogP contribution in [0.25, 0.3) is 0 Å². The predicted octanol–water partition coefficient (Wildman–Crippen LogP) is 1.97. The first-order valence-electron chi connectivity index (χ1n) is 8.64. The lowest BCUT2D eigenvalue weighted by Gasteiger charge is -2.29. The number of hydrogen-bond acceptors (Lipinski definition) is 5. The minimum atomic E-state index is 0.0848. The largest absolute Gasteiger partial charge is 0.444 e. The zero-order valence-corrected chi connectivity index (χ0v) is 14.2. The Balaban J connectivity index is 1.55. The maximum Gasteiger partial charge on any atom is 0.220 e. The van der Waals surface area contributed by atoms with Gasteiger partial charge in [-0.1, -0.05) is 0 Å². The molecular formula is C17H27N3O3. The molecule has 0 radical (unpaired) electrons. The van der Waals surface area contributed by atoms with Crippen molar-refractivity contribution in [2.75, 3.05) is 26.2 Å². The standard InChI is InChI=1S/C17H27N3O3/c1-13-9-18-17(23-13)12-20(14(2)21)15-6-7-19(10-15)11-16-5-3-4-8-22-16/h9,15-16H,3-8,10-12H2,1-2H3. The highest BCUT2D eigenvalue weighted by Gasteiger charge is 2.31. The zero-order valence-electron chi connectivity index (χ0n) is 14.2. The van der Waals surface area contributed by atoms with E-state index in [0.29, 0.717) is 18.5 Å². The molecule has 3 rings (SSSR count). The molecule has 0 saturated carbocycles. The summed E-state index contributed by atoms with van der Waals surface area (Å²) in [6, 6.07) is 0.239. The van der Waals surface area contributed by atoms with Crippen LogP contribution < -0.4 is 0 Å². The second-order valence-corrected chi connectivity index (χ2v) is 6.70. The Kier molecular flexibility index (Phi) is 5.33. The second-order valence-electron chi connectivity index (χ2n) is 6.70. The molecule has 0 spiro atoms. The van der Waals surface area contributed by atoms with Gasteiger partial charge in [0, 0.05) is 39.2 Å². The van der Waals surface area contributed by atoms with E-state index in [9.17, 15) is 4.79 Å². The molecule has 2 unspecified atom stereocenters. The lowest BCUT2D eigenvalue weighted by Crippen LogP contribution is -2.41.